The number of nitrogen functional groups attached to an aromatic ring is 1. The fraction of sp³-hybridized carbons (Fsp3) is 0.0769. The van der Waals surface area contributed by atoms with Crippen LogP contribution in [0.5, 0.6) is 5.75 Å². The van der Waals surface area contributed by atoms with Gasteiger partial charge in [0.1, 0.15) is 18.2 Å². The minimum absolute atomic E-state index is 0.272. The Morgan fingerprint density at radius 1 is 1.11 bits per heavy atom. The standard InChI is InChI=1S/C13H10Br2FNO/c14-11-5-10(17)6-12(15)13(11)18-7-8-2-1-3-9(16)4-8/h1-6H,7,17H2. The van der Waals surface area contributed by atoms with Gasteiger partial charge < -0.3 is 10.5 Å². The molecule has 2 rings (SSSR count). The van der Waals surface area contributed by atoms with Gasteiger partial charge >= 0.3 is 0 Å². The molecular weight excluding hydrogens is 365 g/mol. The highest BCUT2D eigenvalue weighted by Gasteiger charge is 2.08. The molecule has 18 heavy (non-hydrogen) atoms. The van der Waals surface area contributed by atoms with Gasteiger partial charge in [-0.15, -0.1) is 0 Å². The van der Waals surface area contributed by atoms with Gasteiger partial charge in [0, 0.05) is 5.69 Å². The summed E-state index contributed by atoms with van der Waals surface area (Å²) in [4.78, 5) is 0. The molecule has 2 aromatic rings. The summed E-state index contributed by atoms with van der Waals surface area (Å²) >= 11 is 6.75. The van der Waals surface area contributed by atoms with E-state index in [-0.39, 0.29) is 5.82 Å². The van der Waals surface area contributed by atoms with Gasteiger partial charge in [-0.3, -0.25) is 0 Å². The molecule has 0 spiro atoms. The van der Waals surface area contributed by atoms with E-state index in [1.807, 2.05) is 6.07 Å². The molecule has 0 unspecified atom stereocenters. The lowest BCUT2D eigenvalue weighted by Crippen LogP contribution is -1.98. The van der Waals surface area contributed by atoms with Crippen LogP contribution in [0, 0.1) is 5.82 Å². The molecule has 94 valence electrons. The van der Waals surface area contributed by atoms with E-state index in [1.54, 1.807) is 18.2 Å². The first-order chi connectivity index (χ1) is 8.56. The van der Waals surface area contributed by atoms with Crippen LogP contribution in [-0.2, 0) is 6.61 Å². The molecule has 0 saturated heterocycles. The number of nitrogens with two attached hydrogens (primary N) is 1. The van der Waals surface area contributed by atoms with Gasteiger partial charge in [-0.1, -0.05) is 12.1 Å². The van der Waals surface area contributed by atoms with Crippen molar-refractivity contribution in [2.45, 2.75) is 6.61 Å². The zero-order valence-corrected chi connectivity index (χ0v) is 12.5. The molecule has 0 fully saturated rings. The van der Waals surface area contributed by atoms with Gasteiger partial charge in [-0.2, -0.15) is 0 Å². The van der Waals surface area contributed by atoms with Crippen LogP contribution in [0.2, 0.25) is 0 Å². The predicted molar refractivity (Wildman–Crippen MR) is 77.0 cm³/mol. The number of anilines is 1. The van der Waals surface area contributed by atoms with Crippen LogP contribution in [0.25, 0.3) is 0 Å². The van der Waals surface area contributed by atoms with E-state index in [9.17, 15) is 4.39 Å². The highest BCUT2D eigenvalue weighted by Crippen LogP contribution is 2.36. The van der Waals surface area contributed by atoms with Crippen molar-refractivity contribution in [3.8, 4) is 5.75 Å². The van der Waals surface area contributed by atoms with Crippen LogP contribution in [0.1, 0.15) is 5.56 Å². The van der Waals surface area contributed by atoms with Gasteiger partial charge in [0.15, 0.2) is 0 Å². The molecular formula is C13H10Br2FNO. The third kappa shape index (κ3) is 3.23. The zero-order valence-electron chi connectivity index (χ0n) is 9.29. The molecule has 5 heteroatoms. The van der Waals surface area contributed by atoms with Gasteiger partial charge in [-0.25, -0.2) is 4.39 Å². The maximum Gasteiger partial charge on any atom is 0.148 e. The highest BCUT2D eigenvalue weighted by molar-refractivity contribution is 9.11. The monoisotopic (exact) mass is 373 g/mol. The van der Waals surface area contributed by atoms with Crippen molar-refractivity contribution < 1.29 is 9.13 Å². The van der Waals surface area contributed by atoms with Crippen LogP contribution in [0.4, 0.5) is 10.1 Å². The number of hydrogen-bond acceptors (Lipinski definition) is 2. The van der Waals surface area contributed by atoms with Crippen LogP contribution >= 0.6 is 31.9 Å². The Balaban J connectivity index is 2.16. The molecule has 0 aliphatic carbocycles. The highest BCUT2D eigenvalue weighted by atomic mass is 79.9. The average molecular weight is 375 g/mol. The van der Waals surface area contributed by atoms with Gasteiger partial charge in [0.25, 0.3) is 0 Å². The first kappa shape index (κ1) is 13.4. The fourth-order valence-corrected chi connectivity index (χ4v) is 2.95. The Labute approximate surface area is 121 Å². The predicted octanol–water partition coefficient (Wildman–Crippen LogP) is 4.51. The van der Waals surface area contributed by atoms with Crippen molar-refractivity contribution >= 4 is 37.5 Å². The molecule has 2 N–H and O–H groups in total. The number of benzene rings is 2. The third-order valence-electron chi connectivity index (χ3n) is 2.29. The Bertz CT molecular complexity index is 552. The van der Waals surface area contributed by atoms with E-state index in [0.717, 1.165) is 14.5 Å². The van der Waals surface area contributed by atoms with Crippen LogP contribution in [0.3, 0.4) is 0 Å². The van der Waals surface area contributed by atoms with Gasteiger partial charge in [-0.05, 0) is 61.7 Å². The molecule has 0 aromatic heterocycles. The van der Waals surface area contributed by atoms with Crippen LogP contribution in [0.15, 0.2) is 45.3 Å². The summed E-state index contributed by atoms with van der Waals surface area (Å²) < 4.78 is 20.2. The minimum Gasteiger partial charge on any atom is -0.487 e. The van der Waals surface area contributed by atoms with E-state index in [1.165, 1.54) is 12.1 Å². The second-order valence-corrected chi connectivity index (χ2v) is 5.44. The first-order valence-corrected chi connectivity index (χ1v) is 6.76. The Kier molecular flexibility index (Phi) is 4.24. The van der Waals surface area contributed by atoms with Crippen molar-refractivity contribution in [1.82, 2.24) is 0 Å². The second kappa shape index (κ2) is 5.71. The van der Waals surface area contributed by atoms with E-state index in [4.69, 9.17) is 10.5 Å². The van der Waals surface area contributed by atoms with Crippen molar-refractivity contribution in [2.24, 2.45) is 0 Å². The van der Waals surface area contributed by atoms with Crippen molar-refractivity contribution in [2.75, 3.05) is 5.73 Å². The number of rotatable bonds is 3. The maximum atomic E-state index is 13.0. The molecule has 2 nitrogen and oxygen atoms in total. The van der Waals surface area contributed by atoms with Crippen molar-refractivity contribution in [1.29, 1.82) is 0 Å². The SMILES string of the molecule is Nc1cc(Br)c(OCc2cccc(F)c2)c(Br)c1. The maximum absolute atomic E-state index is 13.0. The summed E-state index contributed by atoms with van der Waals surface area (Å²) in [6.45, 7) is 0.291. The number of halogens is 3. The lowest BCUT2D eigenvalue weighted by atomic mass is 10.2. The topological polar surface area (TPSA) is 35.2 Å². The molecule has 0 aliphatic heterocycles. The van der Waals surface area contributed by atoms with E-state index < -0.39 is 0 Å². The Hall–Kier alpha value is -1.07. The van der Waals surface area contributed by atoms with Crippen molar-refractivity contribution in [3.05, 3.63) is 56.7 Å². The van der Waals surface area contributed by atoms with E-state index in [2.05, 4.69) is 31.9 Å². The van der Waals surface area contributed by atoms with Gasteiger partial charge in [0.05, 0.1) is 8.95 Å². The largest absolute Gasteiger partial charge is 0.487 e. The smallest absolute Gasteiger partial charge is 0.148 e. The second-order valence-electron chi connectivity index (χ2n) is 3.73. The minimum atomic E-state index is -0.272. The summed E-state index contributed by atoms with van der Waals surface area (Å²) in [7, 11) is 0. The quantitative estimate of drug-likeness (QED) is 0.802. The Morgan fingerprint density at radius 2 is 1.78 bits per heavy atom. The normalized spacial score (nSPS) is 10.4. The number of hydrogen-bond donors (Lipinski definition) is 1. The summed E-state index contributed by atoms with van der Waals surface area (Å²) in [5.74, 6) is 0.375. The average Bonchev–Trinajstić information content (AvgIpc) is 2.27. The molecule has 0 bridgehead atoms. The number of ether oxygens (including phenoxy) is 1. The molecule has 2 aromatic carbocycles. The van der Waals surface area contributed by atoms with E-state index >= 15 is 0 Å². The summed E-state index contributed by atoms with van der Waals surface area (Å²) in [6.07, 6.45) is 0. The third-order valence-corrected chi connectivity index (χ3v) is 3.47. The summed E-state index contributed by atoms with van der Waals surface area (Å²) in [5, 5.41) is 0. The van der Waals surface area contributed by atoms with E-state index in [0.29, 0.717) is 18.0 Å². The lowest BCUT2D eigenvalue weighted by molar-refractivity contribution is 0.301. The van der Waals surface area contributed by atoms with Crippen LogP contribution in [-0.4, -0.2) is 0 Å². The molecule has 0 radical (unpaired) electrons. The molecule has 0 aliphatic rings. The zero-order chi connectivity index (χ0) is 13.1. The fourth-order valence-electron chi connectivity index (χ4n) is 1.50. The Morgan fingerprint density at radius 3 is 2.39 bits per heavy atom. The van der Waals surface area contributed by atoms with Crippen LogP contribution < -0.4 is 10.5 Å². The molecule has 0 amide bonds. The molecule has 0 heterocycles. The summed E-state index contributed by atoms with van der Waals surface area (Å²) in [5.41, 5.74) is 7.09. The molecule has 0 atom stereocenters. The first-order valence-electron chi connectivity index (χ1n) is 5.18. The summed E-state index contributed by atoms with van der Waals surface area (Å²) in [6, 6.07) is 9.82. The lowest BCUT2D eigenvalue weighted by Gasteiger charge is -2.11. The van der Waals surface area contributed by atoms with Gasteiger partial charge in [0.2, 0.25) is 0 Å². The van der Waals surface area contributed by atoms with Crippen molar-refractivity contribution in [3.63, 3.8) is 0 Å². The molecule has 0 saturated carbocycles.